The molecule has 1 rings (SSSR count). The van der Waals surface area contributed by atoms with Crippen LogP contribution in [0.15, 0.2) is 24.3 Å². The number of hydrogen-bond donors (Lipinski definition) is 2. The molecular formula is C17H27ClN2O2. The lowest BCUT2D eigenvalue weighted by atomic mass is 10.0. The molecule has 1 amide bonds. The molecule has 0 aromatic heterocycles. The molecule has 124 valence electrons. The minimum absolute atomic E-state index is 0. The van der Waals surface area contributed by atoms with Gasteiger partial charge in [-0.05, 0) is 24.9 Å². The van der Waals surface area contributed by atoms with Gasteiger partial charge < -0.3 is 10.6 Å². The van der Waals surface area contributed by atoms with Crippen LogP contribution in [-0.4, -0.2) is 31.3 Å². The van der Waals surface area contributed by atoms with E-state index in [1.807, 2.05) is 24.3 Å². The van der Waals surface area contributed by atoms with Crippen molar-refractivity contribution in [3.8, 4) is 0 Å². The zero-order chi connectivity index (χ0) is 15.5. The monoisotopic (exact) mass is 326 g/mol. The summed E-state index contributed by atoms with van der Waals surface area (Å²) in [7, 11) is 0. The third-order valence-electron chi connectivity index (χ3n) is 3.31. The second kappa shape index (κ2) is 12.2. The van der Waals surface area contributed by atoms with Gasteiger partial charge in [0.1, 0.15) is 0 Å². The Labute approximate surface area is 139 Å². The maximum atomic E-state index is 12.0. The second-order valence-electron chi connectivity index (χ2n) is 5.07. The molecule has 0 aliphatic rings. The molecule has 4 nitrogen and oxygen atoms in total. The Balaban J connectivity index is 0.00000441. The van der Waals surface area contributed by atoms with E-state index in [0.29, 0.717) is 12.1 Å². The van der Waals surface area contributed by atoms with E-state index in [1.54, 1.807) is 0 Å². The zero-order valence-electron chi connectivity index (χ0n) is 13.5. The fourth-order valence-electron chi connectivity index (χ4n) is 1.98. The van der Waals surface area contributed by atoms with Crippen molar-refractivity contribution < 1.29 is 9.59 Å². The lowest BCUT2D eigenvalue weighted by Gasteiger charge is -2.06. The number of rotatable bonds is 10. The Morgan fingerprint density at radius 3 is 2.23 bits per heavy atom. The maximum Gasteiger partial charge on any atom is 0.220 e. The van der Waals surface area contributed by atoms with Gasteiger partial charge in [-0.15, -0.1) is 12.4 Å². The van der Waals surface area contributed by atoms with E-state index in [-0.39, 0.29) is 36.9 Å². The summed E-state index contributed by atoms with van der Waals surface area (Å²) in [6.07, 6.45) is 2.56. The fourth-order valence-corrected chi connectivity index (χ4v) is 1.98. The molecule has 0 radical (unpaired) electrons. The number of ketones is 1. The van der Waals surface area contributed by atoms with Gasteiger partial charge >= 0.3 is 0 Å². The van der Waals surface area contributed by atoms with E-state index < -0.39 is 0 Å². The van der Waals surface area contributed by atoms with E-state index >= 15 is 0 Å². The fraction of sp³-hybridized carbons (Fsp3) is 0.529. The van der Waals surface area contributed by atoms with E-state index in [1.165, 1.54) is 5.56 Å². The Kier molecular flexibility index (Phi) is 11.4. The first-order valence-corrected chi connectivity index (χ1v) is 7.77. The number of nitrogens with one attached hydrogen (secondary N) is 2. The molecule has 0 bridgehead atoms. The number of halogens is 1. The molecule has 0 aliphatic carbocycles. The highest BCUT2D eigenvalue weighted by atomic mass is 35.5. The predicted octanol–water partition coefficient (Wildman–Crippen LogP) is 2.75. The number of carbonyl (C=O) groups excluding carboxylic acids is 2. The van der Waals surface area contributed by atoms with Gasteiger partial charge in [0, 0.05) is 31.5 Å². The molecule has 0 fully saturated rings. The molecule has 0 heterocycles. The lowest BCUT2D eigenvalue weighted by Crippen LogP contribution is -2.32. The summed E-state index contributed by atoms with van der Waals surface area (Å²) >= 11 is 0. The maximum absolute atomic E-state index is 12.0. The summed E-state index contributed by atoms with van der Waals surface area (Å²) in [5.74, 6) is -0.0382. The zero-order valence-corrected chi connectivity index (χ0v) is 14.3. The number of aryl methyl sites for hydroxylation is 1. The van der Waals surface area contributed by atoms with E-state index in [2.05, 4.69) is 24.5 Å². The SMILES string of the molecule is CCCNCCNC(=O)CCC(=O)c1ccc(CC)cc1.Cl. The quantitative estimate of drug-likeness (QED) is 0.513. The first kappa shape index (κ1) is 20.6. The molecule has 0 saturated heterocycles. The number of hydrogen-bond acceptors (Lipinski definition) is 3. The minimum atomic E-state index is -0.0631. The van der Waals surface area contributed by atoms with E-state index in [9.17, 15) is 9.59 Å². The number of carbonyl (C=O) groups is 2. The molecule has 1 aromatic carbocycles. The van der Waals surface area contributed by atoms with Crippen LogP contribution in [-0.2, 0) is 11.2 Å². The Hall–Kier alpha value is -1.39. The lowest BCUT2D eigenvalue weighted by molar-refractivity contribution is -0.121. The highest BCUT2D eigenvalue weighted by Crippen LogP contribution is 2.08. The van der Waals surface area contributed by atoms with Crippen LogP contribution < -0.4 is 10.6 Å². The van der Waals surface area contributed by atoms with Crippen molar-refractivity contribution in [3.05, 3.63) is 35.4 Å². The van der Waals surface area contributed by atoms with Crippen molar-refractivity contribution in [3.63, 3.8) is 0 Å². The molecule has 0 spiro atoms. The van der Waals surface area contributed by atoms with E-state index in [4.69, 9.17) is 0 Å². The average molecular weight is 327 g/mol. The van der Waals surface area contributed by atoms with Crippen LogP contribution in [0.3, 0.4) is 0 Å². The van der Waals surface area contributed by atoms with Crippen LogP contribution in [0.25, 0.3) is 0 Å². The van der Waals surface area contributed by atoms with Gasteiger partial charge in [-0.3, -0.25) is 9.59 Å². The molecule has 2 N–H and O–H groups in total. The Morgan fingerprint density at radius 2 is 1.64 bits per heavy atom. The second-order valence-corrected chi connectivity index (χ2v) is 5.07. The first-order valence-electron chi connectivity index (χ1n) is 7.77. The smallest absolute Gasteiger partial charge is 0.220 e. The van der Waals surface area contributed by atoms with Gasteiger partial charge in [-0.2, -0.15) is 0 Å². The van der Waals surface area contributed by atoms with Crippen LogP contribution in [0.2, 0.25) is 0 Å². The summed E-state index contributed by atoms with van der Waals surface area (Å²) in [5.41, 5.74) is 1.90. The summed E-state index contributed by atoms with van der Waals surface area (Å²) in [6, 6.07) is 7.61. The van der Waals surface area contributed by atoms with Crippen LogP contribution in [0.1, 0.15) is 49.0 Å². The van der Waals surface area contributed by atoms with E-state index in [0.717, 1.165) is 25.9 Å². The molecule has 22 heavy (non-hydrogen) atoms. The van der Waals surface area contributed by atoms with Crippen LogP contribution in [0, 0.1) is 0 Å². The van der Waals surface area contributed by atoms with Gasteiger partial charge in [0.25, 0.3) is 0 Å². The third-order valence-corrected chi connectivity index (χ3v) is 3.31. The van der Waals surface area contributed by atoms with Crippen molar-refractivity contribution in [2.24, 2.45) is 0 Å². The van der Waals surface area contributed by atoms with Crippen LogP contribution in [0.4, 0.5) is 0 Å². The summed E-state index contributed by atoms with van der Waals surface area (Å²) in [5, 5.41) is 6.02. The molecule has 0 saturated carbocycles. The van der Waals surface area contributed by atoms with Crippen molar-refractivity contribution in [1.82, 2.24) is 10.6 Å². The summed E-state index contributed by atoms with van der Waals surface area (Å²) in [6.45, 7) is 6.52. The standard InChI is InChI=1S/C17H26N2O2.ClH/c1-3-11-18-12-13-19-17(21)10-9-16(20)15-7-5-14(4-2)6-8-15;/h5-8,18H,3-4,9-13H2,1-2H3,(H,19,21);1H. The third kappa shape index (κ3) is 8.15. The molecule has 0 aliphatic heterocycles. The van der Waals surface area contributed by atoms with Crippen molar-refractivity contribution >= 4 is 24.1 Å². The number of Topliss-reactive ketones (excluding diaryl/α,β-unsaturated/α-hetero) is 1. The Morgan fingerprint density at radius 1 is 0.955 bits per heavy atom. The van der Waals surface area contributed by atoms with Crippen LogP contribution in [0.5, 0.6) is 0 Å². The highest BCUT2D eigenvalue weighted by molar-refractivity contribution is 5.97. The minimum Gasteiger partial charge on any atom is -0.355 e. The topological polar surface area (TPSA) is 58.2 Å². The molecule has 5 heteroatoms. The largest absolute Gasteiger partial charge is 0.355 e. The van der Waals surface area contributed by atoms with Gasteiger partial charge in [-0.1, -0.05) is 38.1 Å². The van der Waals surface area contributed by atoms with Crippen molar-refractivity contribution in [2.75, 3.05) is 19.6 Å². The highest BCUT2D eigenvalue weighted by Gasteiger charge is 2.08. The molecular weight excluding hydrogens is 300 g/mol. The van der Waals surface area contributed by atoms with Gasteiger partial charge in [0.2, 0.25) is 5.91 Å². The predicted molar refractivity (Wildman–Crippen MR) is 92.8 cm³/mol. The first-order chi connectivity index (χ1) is 10.2. The summed E-state index contributed by atoms with van der Waals surface area (Å²) in [4.78, 5) is 23.6. The molecule has 0 atom stereocenters. The van der Waals surface area contributed by atoms with Gasteiger partial charge in [0.15, 0.2) is 5.78 Å². The molecule has 0 unspecified atom stereocenters. The average Bonchev–Trinajstić information content (AvgIpc) is 2.52. The normalized spacial score (nSPS) is 9.91. The number of benzene rings is 1. The Bertz CT molecular complexity index is 446. The van der Waals surface area contributed by atoms with Crippen LogP contribution >= 0.6 is 12.4 Å². The van der Waals surface area contributed by atoms with Crippen molar-refractivity contribution in [2.45, 2.75) is 39.5 Å². The van der Waals surface area contributed by atoms with Gasteiger partial charge in [0.05, 0.1) is 0 Å². The summed E-state index contributed by atoms with van der Waals surface area (Å²) < 4.78 is 0. The van der Waals surface area contributed by atoms with Crippen molar-refractivity contribution in [1.29, 1.82) is 0 Å². The van der Waals surface area contributed by atoms with Gasteiger partial charge in [-0.25, -0.2) is 0 Å². The molecule has 1 aromatic rings. The number of amides is 1.